The van der Waals surface area contributed by atoms with E-state index < -0.39 is 0 Å². The molecule has 0 spiro atoms. The summed E-state index contributed by atoms with van der Waals surface area (Å²) in [7, 11) is 2.11. The van der Waals surface area contributed by atoms with E-state index in [1.165, 1.54) is 51.4 Å². The average molecular weight is 252 g/mol. The summed E-state index contributed by atoms with van der Waals surface area (Å²) in [5, 5.41) is 3.18. The minimum Gasteiger partial charge on any atom is -0.352 e. The van der Waals surface area contributed by atoms with Gasteiger partial charge in [-0.3, -0.25) is 9.69 Å². The molecule has 0 aromatic carbocycles. The van der Waals surface area contributed by atoms with Gasteiger partial charge < -0.3 is 5.32 Å². The molecule has 104 valence electrons. The predicted octanol–water partition coefficient (Wildman–Crippen LogP) is 2.56. The maximum atomic E-state index is 12.0. The molecule has 2 aliphatic carbocycles. The largest absolute Gasteiger partial charge is 0.352 e. The van der Waals surface area contributed by atoms with E-state index in [2.05, 4.69) is 24.2 Å². The van der Waals surface area contributed by atoms with Crippen LogP contribution < -0.4 is 5.32 Å². The van der Waals surface area contributed by atoms with Gasteiger partial charge in [0.05, 0.1) is 6.54 Å². The Morgan fingerprint density at radius 2 is 1.72 bits per heavy atom. The van der Waals surface area contributed by atoms with Gasteiger partial charge in [0.1, 0.15) is 0 Å². The number of nitrogens with one attached hydrogen (secondary N) is 1. The molecule has 0 unspecified atom stereocenters. The van der Waals surface area contributed by atoms with Gasteiger partial charge in [0.2, 0.25) is 5.91 Å². The van der Waals surface area contributed by atoms with Gasteiger partial charge in [-0.05, 0) is 51.5 Å². The molecule has 3 heteroatoms. The van der Waals surface area contributed by atoms with Crippen molar-refractivity contribution >= 4 is 5.91 Å². The summed E-state index contributed by atoms with van der Waals surface area (Å²) in [6, 6.07) is 1.08. The van der Waals surface area contributed by atoms with Crippen molar-refractivity contribution in [2.45, 2.75) is 70.4 Å². The van der Waals surface area contributed by atoms with E-state index in [4.69, 9.17) is 0 Å². The van der Waals surface area contributed by atoms with Crippen LogP contribution >= 0.6 is 0 Å². The second kappa shape index (κ2) is 6.55. The highest BCUT2D eigenvalue weighted by Crippen LogP contribution is 2.26. The van der Waals surface area contributed by atoms with Gasteiger partial charge >= 0.3 is 0 Å². The number of rotatable bonds is 4. The summed E-state index contributed by atoms with van der Waals surface area (Å²) in [4.78, 5) is 14.2. The van der Waals surface area contributed by atoms with Crippen LogP contribution in [0.5, 0.6) is 0 Å². The number of amides is 1. The Labute approximate surface area is 111 Å². The first-order valence-electron chi connectivity index (χ1n) is 7.64. The Bertz CT molecular complexity index is 266. The molecule has 0 atom stereocenters. The minimum atomic E-state index is 0.225. The second-order valence-electron chi connectivity index (χ2n) is 6.38. The van der Waals surface area contributed by atoms with E-state index in [0.717, 1.165) is 5.92 Å². The third-order valence-electron chi connectivity index (χ3n) is 4.72. The first-order valence-corrected chi connectivity index (χ1v) is 7.64. The zero-order chi connectivity index (χ0) is 13.0. The molecule has 0 bridgehead atoms. The summed E-state index contributed by atoms with van der Waals surface area (Å²) in [6.07, 6.45) is 10.1. The Kier molecular flexibility index (Phi) is 5.04. The van der Waals surface area contributed by atoms with Crippen molar-refractivity contribution in [1.82, 2.24) is 10.2 Å². The lowest BCUT2D eigenvalue weighted by Crippen LogP contribution is -2.44. The van der Waals surface area contributed by atoms with Crippen LogP contribution in [-0.2, 0) is 4.79 Å². The maximum absolute atomic E-state index is 12.0. The van der Waals surface area contributed by atoms with Crippen LogP contribution in [0.1, 0.15) is 58.3 Å². The van der Waals surface area contributed by atoms with Gasteiger partial charge in [-0.25, -0.2) is 0 Å². The van der Waals surface area contributed by atoms with Crippen molar-refractivity contribution in [3.05, 3.63) is 0 Å². The fraction of sp³-hybridized carbons (Fsp3) is 0.933. The standard InChI is InChI=1S/C15H28N2O/c1-12-7-9-14(10-8-12)17(2)11-15(18)16-13-5-3-4-6-13/h12-14H,3-11H2,1-2H3,(H,16,18). The van der Waals surface area contributed by atoms with Gasteiger partial charge in [0.25, 0.3) is 0 Å². The molecule has 2 aliphatic rings. The molecule has 0 radical (unpaired) electrons. The molecule has 0 aliphatic heterocycles. The smallest absolute Gasteiger partial charge is 0.234 e. The van der Waals surface area contributed by atoms with Crippen LogP contribution in [-0.4, -0.2) is 36.5 Å². The van der Waals surface area contributed by atoms with Crippen molar-refractivity contribution in [1.29, 1.82) is 0 Å². The fourth-order valence-corrected chi connectivity index (χ4v) is 3.38. The number of carbonyl (C=O) groups excluding carboxylic acids is 1. The molecule has 2 saturated carbocycles. The van der Waals surface area contributed by atoms with Crippen molar-refractivity contribution < 1.29 is 4.79 Å². The summed E-state index contributed by atoms with van der Waals surface area (Å²) < 4.78 is 0. The maximum Gasteiger partial charge on any atom is 0.234 e. The third-order valence-corrected chi connectivity index (χ3v) is 4.72. The average Bonchev–Trinajstić information content (AvgIpc) is 2.82. The van der Waals surface area contributed by atoms with Crippen molar-refractivity contribution in [3.63, 3.8) is 0 Å². The Balaban J connectivity index is 1.69. The number of carbonyl (C=O) groups is 1. The molecule has 1 N–H and O–H groups in total. The Morgan fingerprint density at radius 1 is 1.11 bits per heavy atom. The zero-order valence-electron chi connectivity index (χ0n) is 12.0. The third kappa shape index (κ3) is 3.98. The quantitative estimate of drug-likeness (QED) is 0.834. The Hall–Kier alpha value is -0.570. The van der Waals surface area contributed by atoms with Gasteiger partial charge in [0.15, 0.2) is 0 Å². The van der Waals surface area contributed by atoms with Gasteiger partial charge in [-0.1, -0.05) is 19.8 Å². The van der Waals surface area contributed by atoms with Crippen LogP contribution in [0.2, 0.25) is 0 Å². The molecule has 0 saturated heterocycles. The van der Waals surface area contributed by atoms with Crippen LogP contribution in [0, 0.1) is 5.92 Å². The van der Waals surface area contributed by atoms with E-state index in [1.54, 1.807) is 0 Å². The van der Waals surface area contributed by atoms with Gasteiger partial charge in [-0.2, -0.15) is 0 Å². The number of nitrogens with zero attached hydrogens (tertiary/aromatic N) is 1. The fourth-order valence-electron chi connectivity index (χ4n) is 3.38. The van der Waals surface area contributed by atoms with Crippen molar-refractivity contribution in [3.8, 4) is 0 Å². The molecule has 0 aromatic heterocycles. The van der Waals surface area contributed by atoms with Crippen molar-refractivity contribution in [2.24, 2.45) is 5.92 Å². The lowest BCUT2D eigenvalue weighted by atomic mass is 9.87. The van der Waals surface area contributed by atoms with E-state index in [0.29, 0.717) is 18.6 Å². The summed E-state index contributed by atoms with van der Waals surface area (Å²) >= 11 is 0. The highest BCUT2D eigenvalue weighted by molar-refractivity contribution is 5.78. The molecule has 2 rings (SSSR count). The molecule has 18 heavy (non-hydrogen) atoms. The molecule has 2 fully saturated rings. The van der Waals surface area contributed by atoms with Crippen molar-refractivity contribution in [2.75, 3.05) is 13.6 Å². The Morgan fingerprint density at radius 3 is 2.33 bits per heavy atom. The number of hydrogen-bond acceptors (Lipinski definition) is 2. The first-order chi connectivity index (χ1) is 8.65. The molecular weight excluding hydrogens is 224 g/mol. The molecular formula is C15H28N2O. The predicted molar refractivity (Wildman–Crippen MR) is 74.4 cm³/mol. The first kappa shape index (κ1) is 13.9. The molecule has 3 nitrogen and oxygen atoms in total. The van der Waals surface area contributed by atoms with E-state index in [1.807, 2.05) is 0 Å². The zero-order valence-corrected chi connectivity index (χ0v) is 12.0. The normalized spacial score (nSPS) is 29.7. The summed E-state index contributed by atoms with van der Waals surface area (Å²) in [5.74, 6) is 1.10. The van der Waals surface area contributed by atoms with E-state index >= 15 is 0 Å². The highest BCUT2D eigenvalue weighted by atomic mass is 16.2. The molecule has 1 amide bonds. The second-order valence-corrected chi connectivity index (χ2v) is 6.38. The topological polar surface area (TPSA) is 32.3 Å². The van der Waals surface area contributed by atoms with Crippen LogP contribution in [0.25, 0.3) is 0 Å². The molecule has 0 aromatic rings. The van der Waals surface area contributed by atoms with Gasteiger partial charge in [-0.15, -0.1) is 0 Å². The summed E-state index contributed by atoms with van der Waals surface area (Å²) in [6.45, 7) is 2.92. The van der Waals surface area contributed by atoms with Crippen LogP contribution in [0.4, 0.5) is 0 Å². The lowest BCUT2D eigenvalue weighted by Gasteiger charge is -2.33. The van der Waals surface area contributed by atoms with Crippen LogP contribution in [0.3, 0.4) is 0 Å². The SMILES string of the molecule is CC1CCC(N(C)CC(=O)NC2CCCC2)CC1. The minimum absolute atomic E-state index is 0.225. The lowest BCUT2D eigenvalue weighted by molar-refractivity contribution is -0.123. The highest BCUT2D eigenvalue weighted by Gasteiger charge is 2.24. The van der Waals surface area contributed by atoms with Gasteiger partial charge in [0, 0.05) is 12.1 Å². The van der Waals surface area contributed by atoms with E-state index in [-0.39, 0.29) is 5.91 Å². The number of likely N-dealkylation sites (N-methyl/N-ethyl adjacent to an activating group) is 1. The molecule has 0 heterocycles. The number of hydrogen-bond donors (Lipinski definition) is 1. The monoisotopic (exact) mass is 252 g/mol. The summed E-state index contributed by atoms with van der Waals surface area (Å²) in [5.41, 5.74) is 0. The van der Waals surface area contributed by atoms with E-state index in [9.17, 15) is 4.79 Å². The van der Waals surface area contributed by atoms with Crippen LogP contribution in [0.15, 0.2) is 0 Å².